The maximum Gasteiger partial charge on any atom is 0.253 e. The molecule has 0 radical (unpaired) electrons. The zero-order chi connectivity index (χ0) is 18.7. The van der Waals surface area contributed by atoms with Crippen LogP contribution in [0.5, 0.6) is 0 Å². The first kappa shape index (κ1) is 18.4. The first-order valence-corrected chi connectivity index (χ1v) is 10.4. The van der Waals surface area contributed by atoms with Gasteiger partial charge in [0.05, 0.1) is 11.4 Å². The second-order valence-electron chi connectivity index (χ2n) is 6.50. The molecule has 0 atom stereocenters. The number of halogens is 1. The van der Waals surface area contributed by atoms with Crippen LogP contribution in [0, 0.1) is 5.82 Å². The summed E-state index contributed by atoms with van der Waals surface area (Å²) in [6.45, 7) is 2.08. The van der Waals surface area contributed by atoms with E-state index in [1.54, 1.807) is 47.4 Å². The Kier molecular flexibility index (Phi) is 5.27. The summed E-state index contributed by atoms with van der Waals surface area (Å²) in [5.74, 6) is -0.482. The van der Waals surface area contributed by atoms with Crippen molar-refractivity contribution in [3.63, 3.8) is 0 Å². The number of piperazine rings is 1. The second kappa shape index (κ2) is 7.45. The minimum absolute atomic E-state index is 0.0881. The van der Waals surface area contributed by atoms with Crippen molar-refractivity contribution < 1.29 is 17.6 Å². The number of carbonyl (C=O) groups excluding carboxylic acids is 1. The van der Waals surface area contributed by atoms with Crippen LogP contribution in [0.4, 0.5) is 10.1 Å². The number of benzene rings is 2. The molecule has 7 heteroatoms. The van der Waals surface area contributed by atoms with Crippen molar-refractivity contribution in [1.29, 1.82) is 0 Å². The predicted octanol–water partition coefficient (Wildman–Crippen LogP) is 2.33. The maximum atomic E-state index is 13.9. The molecule has 0 N–H and O–H groups in total. The number of hydrogen-bond donors (Lipinski definition) is 0. The van der Waals surface area contributed by atoms with Gasteiger partial charge >= 0.3 is 0 Å². The van der Waals surface area contributed by atoms with Crippen LogP contribution >= 0.6 is 0 Å². The van der Waals surface area contributed by atoms with Gasteiger partial charge in [-0.3, -0.25) is 4.79 Å². The first-order chi connectivity index (χ1) is 12.3. The highest BCUT2D eigenvalue weighted by Gasteiger charge is 2.23. The maximum absolute atomic E-state index is 13.9. The van der Waals surface area contributed by atoms with Gasteiger partial charge in [-0.15, -0.1) is 0 Å². The van der Waals surface area contributed by atoms with E-state index in [4.69, 9.17) is 0 Å². The Morgan fingerprint density at radius 2 is 1.73 bits per heavy atom. The van der Waals surface area contributed by atoms with Crippen LogP contribution in [0.15, 0.2) is 48.5 Å². The lowest BCUT2D eigenvalue weighted by Gasteiger charge is -2.36. The van der Waals surface area contributed by atoms with Crippen LogP contribution in [0.3, 0.4) is 0 Å². The molecule has 1 heterocycles. The summed E-state index contributed by atoms with van der Waals surface area (Å²) in [4.78, 5) is 16.4. The van der Waals surface area contributed by atoms with E-state index < -0.39 is 9.84 Å². The monoisotopic (exact) mass is 376 g/mol. The first-order valence-electron chi connectivity index (χ1n) is 8.39. The van der Waals surface area contributed by atoms with E-state index in [9.17, 15) is 17.6 Å². The number of anilines is 1. The summed E-state index contributed by atoms with van der Waals surface area (Å²) in [5.41, 5.74) is 1.63. The third-order valence-electron chi connectivity index (χ3n) is 4.36. The average molecular weight is 376 g/mol. The number of nitrogens with zero attached hydrogens (tertiary/aromatic N) is 2. The van der Waals surface area contributed by atoms with E-state index in [1.165, 1.54) is 12.3 Å². The van der Waals surface area contributed by atoms with Crippen LogP contribution in [-0.4, -0.2) is 51.7 Å². The highest BCUT2D eigenvalue weighted by atomic mass is 32.2. The Hall–Kier alpha value is -2.41. The van der Waals surface area contributed by atoms with E-state index in [0.29, 0.717) is 43.0 Å². The Labute approximate surface area is 153 Å². The molecule has 1 saturated heterocycles. The summed E-state index contributed by atoms with van der Waals surface area (Å²) < 4.78 is 36.8. The molecule has 0 aromatic heterocycles. The Balaban J connectivity index is 1.67. The number of carbonyl (C=O) groups is 1. The number of amides is 1. The van der Waals surface area contributed by atoms with Crippen molar-refractivity contribution in [3.8, 4) is 0 Å². The molecule has 1 fully saturated rings. The van der Waals surface area contributed by atoms with E-state index >= 15 is 0 Å². The molecule has 2 aromatic rings. The van der Waals surface area contributed by atoms with Crippen molar-refractivity contribution in [2.24, 2.45) is 0 Å². The smallest absolute Gasteiger partial charge is 0.253 e. The fourth-order valence-corrected chi connectivity index (χ4v) is 3.92. The molecule has 1 aliphatic rings. The molecule has 138 valence electrons. The summed E-state index contributed by atoms with van der Waals surface area (Å²) in [6, 6.07) is 13.3. The van der Waals surface area contributed by atoms with Gasteiger partial charge in [-0.25, -0.2) is 12.8 Å². The minimum Gasteiger partial charge on any atom is -0.366 e. The van der Waals surface area contributed by atoms with Crippen molar-refractivity contribution in [2.75, 3.05) is 37.3 Å². The zero-order valence-electron chi connectivity index (χ0n) is 14.6. The largest absolute Gasteiger partial charge is 0.366 e. The van der Waals surface area contributed by atoms with Crippen LogP contribution < -0.4 is 4.90 Å². The molecule has 26 heavy (non-hydrogen) atoms. The minimum atomic E-state index is -3.15. The van der Waals surface area contributed by atoms with Crippen LogP contribution in [-0.2, 0) is 15.6 Å². The van der Waals surface area contributed by atoms with Crippen LogP contribution in [0.25, 0.3) is 0 Å². The topological polar surface area (TPSA) is 57.7 Å². The lowest BCUT2D eigenvalue weighted by molar-refractivity contribution is 0.0746. The van der Waals surface area contributed by atoms with Gasteiger partial charge in [0.15, 0.2) is 9.84 Å². The standard InChI is InChI=1S/C19H21FN2O3S/c1-26(24,25)14-15-5-4-6-16(13-15)19(23)22-11-9-21(10-12-22)18-8-3-2-7-17(18)20/h2-8,13H,9-12,14H2,1H3. The van der Waals surface area contributed by atoms with E-state index in [1.807, 2.05) is 4.90 Å². The Morgan fingerprint density at radius 3 is 2.38 bits per heavy atom. The van der Waals surface area contributed by atoms with Gasteiger partial charge in [-0.05, 0) is 29.8 Å². The molecular formula is C19H21FN2O3S. The van der Waals surface area contributed by atoms with Crippen molar-refractivity contribution in [2.45, 2.75) is 5.75 Å². The van der Waals surface area contributed by atoms with Gasteiger partial charge in [-0.1, -0.05) is 24.3 Å². The van der Waals surface area contributed by atoms with Gasteiger partial charge in [0.25, 0.3) is 5.91 Å². The van der Waals surface area contributed by atoms with E-state index in [-0.39, 0.29) is 17.5 Å². The van der Waals surface area contributed by atoms with Crippen molar-refractivity contribution >= 4 is 21.4 Å². The van der Waals surface area contributed by atoms with Crippen LogP contribution in [0.1, 0.15) is 15.9 Å². The highest BCUT2D eigenvalue weighted by Crippen LogP contribution is 2.21. The molecule has 1 aliphatic heterocycles. The van der Waals surface area contributed by atoms with Crippen LogP contribution in [0.2, 0.25) is 0 Å². The lowest BCUT2D eigenvalue weighted by atomic mass is 10.1. The van der Waals surface area contributed by atoms with E-state index in [0.717, 1.165) is 0 Å². The molecule has 0 spiro atoms. The Morgan fingerprint density at radius 1 is 1.04 bits per heavy atom. The SMILES string of the molecule is CS(=O)(=O)Cc1cccc(C(=O)N2CCN(c3ccccc3F)CC2)c1. The highest BCUT2D eigenvalue weighted by molar-refractivity contribution is 7.89. The van der Waals surface area contributed by atoms with Gasteiger partial charge in [-0.2, -0.15) is 0 Å². The molecule has 5 nitrogen and oxygen atoms in total. The molecular weight excluding hydrogens is 355 g/mol. The number of hydrogen-bond acceptors (Lipinski definition) is 4. The molecule has 1 amide bonds. The summed E-state index contributed by atoms with van der Waals surface area (Å²) in [7, 11) is -3.15. The van der Waals surface area contributed by atoms with Crippen molar-refractivity contribution in [1.82, 2.24) is 4.90 Å². The van der Waals surface area contributed by atoms with Gasteiger partial charge < -0.3 is 9.80 Å². The van der Waals surface area contributed by atoms with Gasteiger partial charge in [0.1, 0.15) is 5.82 Å². The molecule has 2 aromatic carbocycles. The quantitative estimate of drug-likeness (QED) is 0.822. The molecule has 0 saturated carbocycles. The van der Waals surface area contributed by atoms with Gasteiger partial charge in [0, 0.05) is 38.0 Å². The molecule has 0 aliphatic carbocycles. The van der Waals surface area contributed by atoms with E-state index in [2.05, 4.69) is 0 Å². The summed E-state index contributed by atoms with van der Waals surface area (Å²) >= 11 is 0. The zero-order valence-corrected chi connectivity index (χ0v) is 15.4. The number of rotatable bonds is 4. The third kappa shape index (κ3) is 4.40. The summed E-state index contributed by atoms with van der Waals surface area (Å²) in [5, 5.41) is 0. The fraction of sp³-hybridized carbons (Fsp3) is 0.316. The molecule has 0 bridgehead atoms. The van der Waals surface area contributed by atoms with Gasteiger partial charge in [0.2, 0.25) is 0 Å². The number of para-hydroxylation sites is 1. The number of sulfone groups is 1. The van der Waals surface area contributed by atoms with Crippen molar-refractivity contribution in [3.05, 3.63) is 65.5 Å². The molecule has 0 unspecified atom stereocenters. The second-order valence-corrected chi connectivity index (χ2v) is 8.64. The predicted molar refractivity (Wildman–Crippen MR) is 99.5 cm³/mol. The fourth-order valence-electron chi connectivity index (χ4n) is 3.14. The average Bonchev–Trinajstić information content (AvgIpc) is 2.60. The Bertz CT molecular complexity index is 907. The normalized spacial score (nSPS) is 15.2. The lowest BCUT2D eigenvalue weighted by Crippen LogP contribution is -2.49. The third-order valence-corrected chi connectivity index (χ3v) is 5.22. The summed E-state index contributed by atoms with van der Waals surface area (Å²) in [6.07, 6.45) is 1.17. The molecule has 3 rings (SSSR count).